The number of nitrogens with one attached hydrogen (secondary N) is 1. The maximum absolute atomic E-state index is 12.7. The van der Waals surface area contributed by atoms with Crippen LogP contribution in [-0.4, -0.2) is 72.3 Å². The lowest BCUT2D eigenvalue weighted by Crippen LogP contribution is -2.49. The molecule has 0 aliphatic carbocycles. The number of aromatic nitrogens is 5. The number of hydrogen-bond acceptors (Lipinski definition) is 9. The number of piperidine rings is 1. The van der Waals surface area contributed by atoms with Crippen LogP contribution in [0.2, 0.25) is 0 Å². The van der Waals surface area contributed by atoms with Gasteiger partial charge in [-0.3, -0.25) is 5.32 Å². The maximum atomic E-state index is 12.7. The number of carbonyl (C=O) groups is 2. The molecule has 1 N–H and O–H groups in total. The molecule has 0 atom stereocenters. The Morgan fingerprint density at radius 3 is 2.26 bits per heavy atom. The van der Waals surface area contributed by atoms with Crippen molar-refractivity contribution in [1.29, 1.82) is 0 Å². The summed E-state index contributed by atoms with van der Waals surface area (Å²) in [5, 5.41) is 11.8. The van der Waals surface area contributed by atoms with Crippen molar-refractivity contribution < 1.29 is 23.8 Å². The minimum atomic E-state index is -0.800. The van der Waals surface area contributed by atoms with Gasteiger partial charge in [-0.25, -0.2) is 19.3 Å². The van der Waals surface area contributed by atoms with Crippen LogP contribution in [0.4, 0.5) is 9.59 Å². The number of ether oxygens (including phenoxy) is 3. The van der Waals surface area contributed by atoms with Crippen molar-refractivity contribution in [3.05, 3.63) is 47.3 Å². The van der Waals surface area contributed by atoms with Gasteiger partial charge in [-0.2, -0.15) is 4.98 Å². The molecular formula is C33H46N8O5. The lowest BCUT2D eigenvalue weighted by molar-refractivity contribution is 0.0552. The van der Waals surface area contributed by atoms with Gasteiger partial charge in [0.25, 0.3) is 0 Å². The second kappa shape index (κ2) is 14.3. The molecule has 1 aromatic carbocycles. The molecule has 1 aliphatic rings. The van der Waals surface area contributed by atoms with Gasteiger partial charge in [0.1, 0.15) is 22.6 Å². The van der Waals surface area contributed by atoms with Crippen LogP contribution in [0.3, 0.4) is 0 Å². The molecule has 13 heteroatoms. The van der Waals surface area contributed by atoms with Crippen LogP contribution in [0, 0.1) is 13.8 Å². The molecule has 1 aliphatic heterocycles. The first-order valence-corrected chi connectivity index (χ1v) is 15.7. The van der Waals surface area contributed by atoms with Gasteiger partial charge in [0, 0.05) is 19.3 Å². The van der Waals surface area contributed by atoms with Crippen LogP contribution in [0.1, 0.15) is 90.6 Å². The number of amides is 2. The lowest BCUT2D eigenvalue weighted by atomic mass is 10.0. The highest BCUT2D eigenvalue weighted by atomic mass is 16.6. The molecule has 0 radical (unpaired) electrons. The summed E-state index contributed by atoms with van der Waals surface area (Å²) in [7, 11) is 0. The highest BCUT2D eigenvalue weighted by molar-refractivity contribution is 5.99. The molecule has 1 saturated heterocycles. The molecule has 248 valence electrons. The van der Waals surface area contributed by atoms with Crippen LogP contribution in [0.25, 0.3) is 11.4 Å². The predicted molar refractivity (Wildman–Crippen MR) is 174 cm³/mol. The first-order chi connectivity index (χ1) is 21.6. The summed E-state index contributed by atoms with van der Waals surface area (Å²) in [6.45, 7) is 17.7. The third-order valence-electron chi connectivity index (χ3n) is 6.84. The molecule has 0 bridgehead atoms. The van der Waals surface area contributed by atoms with E-state index in [1.54, 1.807) is 47.7 Å². The van der Waals surface area contributed by atoms with Crippen molar-refractivity contribution in [3.63, 3.8) is 0 Å². The Morgan fingerprint density at radius 1 is 1.00 bits per heavy atom. The Kier molecular flexibility index (Phi) is 10.6. The zero-order valence-electron chi connectivity index (χ0n) is 28.4. The zero-order chi connectivity index (χ0) is 33.6. The van der Waals surface area contributed by atoms with E-state index in [4.69, 9.17) is 19.2 Å². The van der Waals surface area contributed by atoms with E-state index in [9.17, 15) is 9.59 Å². The highest BCUT2D eigenvalue weighted by Gasteiger charge is 2.30. The van der Waals surface area contributed by atoms with Gasteiger partial charge < -0.3 is 19.1 Å². The summed E-state index contributed by atoms with van der Waals surface area (Å²) in [5.41, 5.74) is 3.05. The number of benzene rings is 1. The van der Waals surface area contributed by atoms with Crippen LogP contribution in [0.5, 0.6) is 11.8 Å². The fourth-order valence-corrected chi connectivity index (χ4v) is 5.14. The van der Waals surface area contributed by atoms with Gasteiger partial charge in [-0.15, -0.1) is 10.1 Å². The van der Waals surface area contributed by atoms with E-state index < -0.39 is 23.4 Å². The molecule has 4 rings (SSSR count). The Balaban J connectivity index is 1.57. The van der Waals surface area contributed by atoms with Crippen molar-refractivity contribution >= 4 is 18.1 Å². The van der Waals surface area contributed by atoms with E-state index in [0.717, 1.165) is 35.4 Å². The number of likely N-dealkylation sites (tertiary alicyclic amines) is 1. The summed E-state index contributed by atoms with van der Waals surface area (Å²) >= 11 is 0. The van der Waals surface area contributed by atoms with E-state index in [2.05, 4.69) is 38.6 Å². The van der Waals surface area contributed by atoms with Gasteiger partial charge in [0.05, 0.1) is 17.4 Å². The molecule has 1 fully saturated rings. The number of nitrogens with zero attached hydrogens (tertiary/aromatic N) is 7. The molecule has 2 amide bonds. The van der Waals surface area contributed by atoms with Crippen molar-refractivity contribution in [2.24, 2.45) is 4.99 Å². The molecule has 0 unspecified atom stereocenters. The van der Waals surface area contributed by atoms with Crippen LogP contribution < -0.4 is 10.1 Å². The first kappa shape index (κ1) is 34.3. The normalized spacial score (nSPS) is 14.6. The van der Waals surface area contributed by atoms with Gasteiger partial charge in [-0.1, -0.05) is 24.6 Å². The Morgan fingerprint density at radius 2 is 1.65 bits per heavy atom. The number of carbonyl (C=O) groups excluding carboxylic acids is 2. The van der Waals surface area contributed by atoms with E-state index in [1.165, 1.54) is 0 Å². The third-order valence-corrected chi connectivity index (χ3v) is 6.84. The van der Waals surface area contributed by atoms with Crippen molar-refractivity contribution in [2.45, 2.75) is 105 Å². The van der Waals surface area contributed by atoms with E-state index in [1.807, 2.05) is 41.6 Å². The second-order valence-electron chi connectivity index (χ2n) is 13.5. The molecule has 3 aromatic rings. The summed E-state index contributed by atoms with van der Waals surface area (Å²) in [6.07, 6.45) is 3.08. The van der Waals surface area contributed by atoms with Gasteiger partial charge in [0.2, 0.25) is 5.96 Å². The number of guanidine groups is 1. The fourth-order valence-electron chi connectivity index (χ4n) is 5.14. The molecule has 3 heterocycles. The smallest absolute Gasteiger partial charge is 0.437 e. The average Bonchev–Trinajstić information content (AvgIpc) is 3.34. The van der Waals surface area contributed by atoms with Gasteiger partial charge >= 0.3 is 18.2 Å². The van der Waals surface area contributed by atoms with Gasteiger partial charge in [-0.05, 0) is 104 Å². The number of aliphatic imine (C=N–C) groups is 1. The first-order valence-electron chi connectivity index (χ1n) is 15.7. The number of rotatable bonds is 6. The van der Waals surface area contributed by atoms with E-state index in [-0.39, 0.29) is 18.0 Å². The Bertz CT molecular complexity index is 1540. The van der Waals surface area contributed by atoms with Crippen LogP contribution in [0.15, 0.2) is 35.5 Å². The van der Waals surface area contributed by atoms with E-state index in [0.29, 0.717) is 37.4 Å². The average molecular weight is 635 g/mol. The predicted octanol–water partition coefficient (Wildman–Crippen LogP) is 6.55. The number of hydrogen-bond donors (Lipinski definition) is 1. The highest BCUT2D eigenvalue weighted by Crippen LogP contribution is 2.31. The molecule has 46 heavy (non-hydrogen) atoms. The van der Waals surface area contributed by atoms with Crippen molar-refractivity contribution in [1.82, 2.24) is 35.2 Å². The topological polar surface area (TPSA) is 146 Å². The largest absolute Gasteiger partial charge is 0.444 e. The quantitative estimate of drug-likeness (QED) is 0.234. The fraction of sp³-hybridized carbons (Fsp3) is 0.545. The zero-order valence-corrected chi connectivity index (χ0v) is 28.4. The van der Waals surface area contributed by atoms with Crippen LogP contribution in [-0.2, 0) is 15.9 Å². The summed E-state index contributed by atoms with van der Waals surface area (Å²) in [6, 6.07) is 8.04. The summed E-state index contributed by atoms with van der Waals surface area (Å²) < 4.78 is 18.8. The lowest BCUT2D eigenvalue weighted by Gasteiger charge is -2.34. The van der Waals surface area contributed by atoms with E-state index >= 15 is 0 Å². The standard InChI is InChI=1S/C33H46N8O5/c1-10-11-26-27(25-12-15-34-29(35-25)44-24-19-21(2)18-22(3)20-24)41(39-38-26)23-13-16-40(17-14-23)28(36-30(42)45-32(4,5)6)37-31(43)46-33(7,8)9/h12,15,18-20,23H,10-11,13-14,16-17H2,1-9H3,(H,36,37,42,43). The molecule has 0 spiro atoms. The SMILES string of the molecule is CCCc1nnn(C2CCN(/C(=N\C(=O)OC(C)(C)C)NC(=O)OC(C)(C)C)CC2)c1-c1ccnc(Oc2cc(C)cc(C)c2)n1. The number of alkyl carbamates (subject to hydrolysis) is 1. The van der Waals surface area contributed by atoms with Gasteiger partial charge in [0.15, 0.2) is 0 Å². The summed E-state index contributed by atoms with van der Waals surface area (Å²) in [5.74, 6) is 0.752. The number of aryl methyl sites for hydroxylation is 3. The van der Waals surface area contributed by atoms with Crippen LogP contribution >= 0.6 is 0 Å². The minimum absolute atomic E-state index is 0.0209. The monoisotopic (exact) mass is 634 g/mol. The Labute approximate surface area is 270 Å². The minimum Gasteiger partial charge on any atom is -0.444 e. The molecular weight excluding hydrogens is 588 g/mol. The Hall–Kier alpha value is -4.55. The maximum Gasteiger partial charge on any atom is 0.437 e. The van der Waals surface area contributed by atoms with Crippen molar-refractivity contribution in [2.75, 3.05) is 13.1 Å². The second-order valence-corrected chi connectivity index (χ2v) is 13.5. The third kappa shape index (κ3) is 9.72. The molecule has 0 saturated carbocycles. The summed E-state index contributed by atoms with van der Waals surface area (Å²) in [4.78, 5) is 40.4. The molecule has 13 nitrogen and oxygen atoms in total. The van der Waals surface area contributed by atoms with Crippen molar-refractivity contribution in [3.8, 4) is 23.1 Å². The molecule has 2 aromatic heterocycles.